The molecule has 1 aromatic carbocycles. The lowest BCUT2D eigenvalue weighted by Crippen LogP contribution is -2.65. The van der Waals surface area contributed by atoms with E-state index in [2.05, 4.69) is 24.8 Å². The summed E-state index contributed by atoms with van der Waals surface area (Å²) in [6.07, 6.45) is 0.797. The van der Waals surface area contributed by atoms with E-state index < -0.39 is 35.6 Å². The maximum atomic E-state index is 13.1. The van der Waals surface area contributed by atoms with E-state index in [0.29, 0.717) is 30.2 Å². The molecule has 1 aliphatic heterocycles. The van der Waals surface area contributed by atoms with E-state index in [1.165, 1.54) is 19.2 Å². The highest BCUT2D eigenvalue weighted by atomic mass is 32.3. The first-order chi connectivity index (χ1) is 20.8. The fourth-order valence-corrected chi connectivity index (χ4v) is 7.11. The smallest absolute Gasteiger partial charge is 0.489 e. The van der Waals surface area contributed by atoms with Gasteiger partial charge in [0, 0.05) is 24.0 Å². The number of anilines is 1. The zero-order valence-electron chi connectivity index (χ0n) is 23.8. The van der Waals surface area contributed by atoms with Gasteiger partial charge in [0.05, 0.1) is 16.2 Å². The number of nitrogens with two attached hydrogens (primary N) is 3. The molecule has 0 radical (unpaired) electrons. The van der Waals surface area contributed by atoms with Gasteiger partial charge in [-0.1, -0.05) is 5.16 Å². The molecule has 1 fully saturated rings. The number of nitrogens with one attached hydrogen (secondary N) is 1. The van der Waals surface area contributed by atoms with Crippen molar-refractivity contribution in [3.63, 3.8) is 0 Å². The predicted molar refractivity (Wildman–Crippen MR) is 162 cm³/mol. The van der Waals surface area contributed by atoms with Crippen LogP contribution in [0.3, 0.4) is 0 Å². The zero-order valence-corrected chi connectivity index (χ0v) is 26.3. The standard InChI is InChI=1S/C24H32N9O8PS2/c1-24(2)22(42(35)33(24)41-44(36,37)38)29-21(34)20(19-14-43-23(27)28-19)31-40-11-10-39-17-6-4-15(5-7-17)18-12-16(13-26)32(30-18)9-3-8-25/h4-7,12,14,22H,3,8-11,13,25-26H2,1-2H3,(H3-,27,28,29,34,36,37,38)/p+1/b31-20-. The summed E-state index contributed by atoms with van der Waals surface area (Å²) in [5.41, 5.74) is 18.4. The summed E-state index contributed by atoms with van der Waals surface area (Å²) in [5.74, 6) is -1.29. The van der Waals surface area contributed by atoms with E-state index in [1.807, 2.05) is 22.9 Å². The summed E-state index contributed by atoms with van der Waals surface area (Å²) in [6, 6.07) is 9.25. The number of hydroxylamine groups is 1. The molecule has 2 unspecified atom stereocenters. The number of oxime groups is 1. The summed E-state index contributed by atoms with van der Waals surface area (Å²) < 4.78 is 55.6. The quantitative estimate of drug-likeness (QED) is 0.0501. The first kappa shape index (κ1) is 33.3. The molecule has 17 nitrogen and oxygen atoms in total. The molecular formula is C24H33N9O8PS2+. The molecule has 0 spiro atoms. The van der Waals surface area contributed by atoms with Gasteiger partial charge >= 0.3 is 18.4 Å². The Labute approximate surface area is 258 Å². The van der Waals surface area contributed by atoms with Crippen LogP contribution in [0.4, 0.5) is 5.13 Å². The number of nitrogens with zero attached hydrogens (tertiary/aromatic N) is 5. The Morgan fingerprint density at radius 3 is 2.57 bits per heavy atom. The Morgan fingerprint density at radius 1 is 1.25 bits per heavy atom. The lowest BCUT2D eigenvalue weighted by atomic mass is 10.1. The SMILES string of the molecule is CC1(C)C(NC(=O)/C(=N\OCCOc2ccc(-c3cc(CN)n(CCCN)n3)cc2)c2csc(N)n2)[P+](=O)N1OS(=O)(=O)O. The molecule has 1 amide bonds. The van der Waals surface area contributed by atoms with E-state index in [-0.39, 0.29) is 29.8 Å². The average Bonchev–Trinajstić information content (AvgIpc) is 3.60. The van der Waals surface area contributed by atoms with Crippen molar-refractivity contribution < 1.29 is 36.2 Å². The van der Waals surface area contributed by atoms with Gasteiger partial charge < -0.3 is 32.1 Å². The van der Waals surface area contributed by atoms with Crippen molar-refractivity contribution >= 4 is 46.4 Å². The first-order valence-corrected chi connectivity index (χ1v) is 16.7. The van der Waals surface area contributed by atoms with Crippen molar-refractivity contribution in [2.24, 2.45) is 16.6 Å². The molecule has 2 aromatic heterocycles. The van der Waals surface area contributed by atoms with Crippen LogP contribution < -0.4 is 27.3 Å². The molecule has 4 rings (SSSR count). The molecule has 3 aromatic rings. The summed E-state index contributed by atoms with van der Waals surface area (Å²) in [7, 11) is -7.48. The van der Waals surface area contributed by atoms with Crippen molar-refractivity contribution in [1.82, 2.24) is 24.9 Å². The molecule has 0 bridgehead atoms. The van der Waals surface area contributed by atoms with E-state index in [0.717, 1.165) is 34.7 Å². The van der Waals surface area contributed by atoms with Crippen molar-refractivity contribution in [2.45, 2.75) is 44.7 Å². The summed E-state index contributed by atoms with van der Waals surface area (Å²) in [4.78, 5) is 23.1. The van der Waals surface area contributed by atoms with Gasteiger partial charge in [-0.2, -0.15) is 13.5 Å². The van der Waals surface area contributed by atoms with Crippen LogP contribution in [0.15, 0.2) is 40.9 Å². The number of carbonyl (C=O) groups excluding carboxylic acids is 1. The molecule has 1 aliphatic rings. The fraction of sp³-hybridized carbons (Fsp3) is 0.417. The zero-order chi connectivity index (χ0) is 32.1. The third-order valence-corrected chi connectivity index (χ3v) is 9.65. The number of carbonyl (C=O) groups is 1. The number of thiazole rings is 1. The van der Waals surface area contributed by atoms with E-state index in [9.17, 15) is 17.8 Å². The lowest BCUT2D eigenvalue weighted by Gasteiger charge is -2.38. The molecule has 44 heavy (non-hydrogen) atoms. The molecule has 0 saturated carbocycles. The molecule has 8 N–H and O–H groups in total. The number of rotatable bonds is 15. The molecule has 0 aliphatic carbocycles. The third-order valence-electron chi connectivity index (χ3n) is 6.37. The molecular weight excluding hydrogens is 637 g/mol. The minimum atomic E-state index is -4.91. The van der Waals surface area contributed by atoms with Crippen LogP contribution >= 0.6 is 19.3 Å². The summed E-state index contributed by atoms with van der Waals surface area (Å²) in [5, 5.41) is 12.7. The second-order valence-electron chi connectivity index (χ2n) is 9.91. The van der Waals surface area contributed by atoms with Gasteiger partial charge in [0.25, 0.3) is 11.7 Å². The molecule has 20 heteroatoms. The lowest BCUT2D eigenvalue weighted by molar-refractivity contribution is -0.120. The first-order valence-electron chi connectivity index (χ1n) is 13.2. The largest absolute Gasteiger partial charge is 0.490 e. The number of aromatic nitrogens is 3. The van der Waals surface area contributed by atoms with Crippen molar-refractivity contribution in [2.75, 3.05) is 25.5 Å². The van der Waals surface area contributed by atoms with Gasteiger partial charge in [0.15, 0.2) is 23.0 Å². The highest BCUT2D eigenvalue weighted by molar-refractivity contribution is 7.81. The number of benzene rings is 1. The second kappa shape index (κ2) is 14.0. The number of ether oxygens (including phenoxy) is 1. The van der Waals surface area contributed by atoms with Crippen LogP contribution in [0.5, 0.6) is 5.75 Å². The van der Waals surface area contributed by atoms with Crippen LogP contribution in [-0.4, -0.2) is 75.3 Å². The van der Waals surface area contributed by atoms with Gasteiger partial charge in [-0.3, -0.25) is 14.0 Å². The maximum Gasteiger partial charge on any atom is 0.489 e. The normalized spacial score (nSPS) is 17.7. The Balaban J connectivity index is 1.35. The average molecular weight is 671 g/mol. The van der Waals surface area contributed by atoms with Gasteiger partial charge in [-0.15, -0.1) is 15.6 Å². The summed E-state index contributed by atoms with van der Waals surface area (Å²) in [6.45, 7) is 4.59. The molecule has 1 saturated heterocycles. The van der Waals surface area contributed by atoms with E-state index >= 15 is 0 Å². The number of hydrogen-bond donors (Lipinski definition) is 5. The minimum Gasteiger partial charge on any atom is -0.490 e. The van der Waals surface area contributed by atoms with Crippen LogP contribution in [0, 0.1) is 0 Å². The van der Waals surface area contributed by atoms with Crippen LogP contribution in [-0.2, 0) is 42.0 Å². The van der Waals surface area contributed by atoms with Gasteiger partial charge in [0.2, 0.25) is 0 Å². The fourth-order valence-electron chi connectivity index (χ4n) is 4.15. The summed E-state index contributed by atoms with van der Waals surface area (Å²) >= 11 is 1.07. The highest BCUT2D eigenvalue weighted by Gasteiger charge is 2.71. The molecule has 2 atom stereocenters. The Morgan fingerprint density at radius 2 is 1.98 bits per heavy atom. The van der Waals surface area contributed by atoms with Gasteiger partial charge in [0.1, 0.15) is 18.1 Å². The number of amides is 1. The van der Waals surface area contributed by atoms with Gasteiger partial charge in [-0.25, -0.2) is 4.98 Å². The Kier molecular flexibility index (Phi) is 10.6. The van der Waals surface area contributed by atoms with E-state index in [4.69, 9.17) is 31.3 Å². The van der Waals surface area contributed by atoms with Crippen LogP contribution in [0.2, 0.25) is 0 Å². The number of aryl methyl sites for hydroxylation is 1. The van der Waals surface area contributed by atoms with Gasteiger partial charge in [-0.05, 0) is 61.7 Å². The Bertz CT molecular complexity index is 1630. The maximum absolute atomic E-state index is 13.1. The monoisotopic (exact) mass is 670 g/mol. The van der Waals surface area contributed by atoms with Crippen molar-refractivity contribution in [3.8, 4) is 17.0 Å². The van der Waals surface area contributed by atoms with E-state index in [1.54, 1.807) is 12.1 Å². The second-order valence-corrected chi connectivity index (χ2v) is 13.3. The third kappa shape index (κ3) is 7.93. The highest BCUT2D eigenvalue weighted by Crippen LogP contribution is 2.55. The number of hydrogen-bond acceptors (Lipinski definition) is 14. The molecule has 238 valence electrons. The van der Waals surface area contributed by atoms with Crippen LogP contribution in [0.25, 0.3) is 11.3 Å². The topological polar surface area (TPSA) is 253 Å². The van der Waals surface area contributed by atoms with Crippen molar-refractivity contribution in [3.05, 3.63) is 47.1 Å². The number of nitrogen functional groups attached to an aromatic ring is 1. The Hall–Kier alpha value is -3.55. The molecule has 3 heterocycles. The minimum absolute atomic E-state index is 0.0390. The predicted octanol–water partition coefficient (Wildman–Crippen LogP) is 1.21. The van der Waals surface area contributed by atoms with Crippen molar-refractivity contribution in [1.29, 1.82) is 0 Å². The van der Waals surface area contributed by atoms with Crippen LogP contribution in [0.1, 0.15) is 31.7 Å².